The van der Waals surface area contributed by atoms with Gasteiger partial charge in [-0.25, -0.2) is 0 Å². The third-order valence-corrected chi connectivity index (χ3v) is 2.04. The van der Waals surface area contributed by atoms with Crippen molar-refractivity contribution in [3.63, 3.8) is 0 Å². The molecule has 0 saturated heterocycles. The van der Waals surface area contributed by atoms with Crippen molar-refractivity contribution in [2.24, 2.45) is 0 Å². The van der Waals surface area contributed by atoms with Crippen molar-refractivity contribution in [2.75, 3.05) is 0 Å². The molecular formula is C9H3Cl2N5. The molecule has 0 bridgehead atoms. The van der Waals surface area contributed by atoms with Crippen molar-refractivity contribution in [1.29, 1.82) is 5.26 Å². The summed E-state index contributed by atoms with van der Waals surface area (Å²) in [6.07, 6.45) is 1.42. The Balaban J connectivity index is 2.47. The topological polar surface area (TPSA) is 75.3 Å². The van der Waals surface area contributed by atoms with E-state index in [2.05, 4.69) is 19.9 Å². The summed E-state index contributed by atoms with van der Waals surface area (Å²) in [5, 5.41) is 8.62. The van der Waals surface area contributed by atoms with Crippen molar-refractivity contribution < 1.29 is 0 Å². The van der Waals surface area contributed by atoms with E-state index in [9.17, 15) is 0 Å². The number of pyridine rings is 1. The van der Waals surface area contributed by atoms with Gasteiger partial charge < -0.3 is 0 Å². The Hall–Kier alpha value is -1.77. The first-order valence-electron chi connectivity index (χ1n) is 4.12. The lowest BCUT2D eigenvalue weighted by atomic mass is 10.2. The first kappa shape index (κ1) is 10.7. The first-order valence-corrected chi connectivity index (χ1v) is 4.88. The molecule has 0 aliphatic heterocycles. The van der Waals surface area contributed by atoms with Gasteiger partial charge in [-0.05, 0) is 35.3 Å². The smallest absolute Gasteiger partial charge is 0.227 e. The van der Waals surface area contributed by atoms with Gasteiger partial charge in [-0.15, -0.1) is 0 Å². The minimum atomic E-state index is 0.00107. The fourth-order valence-corrected chi connectivity index (χ4v) is 1.40. The van der Waals surface area contributed by atoms with Gasteiger partial charge in [0.2, 0.25) is 10.6 Å². The monoisotopic (exact) mass is 251 g/mol. The zero-order chi connectivity index (χ0) is 11.5. The zero-order valence-electron chi connectivity index (χ0n) is 7.72. The molecule has 0 N–H and O–H groups in total. The van der Waals surface area contributed by atoms with Crippen LogP contribution in [0, 0.1) is 11.3 Å². The van der Waals surface area contributed by atoms with Gasteiger partial charge in [-0.3, -0.25) is 4.98 Å². The summed E-state index contributed by atoms with van der Waals surface area (Å²) in [6, 6.07) is 5.18. The summed E-state index contributed by atoms with van der Waals surface area (Å²) in [4.78, 5) is 15.4. The molecule has 0 fully saturated rings. The second kappa shape index (κ2) is 4.39. The highest BCUT2D eigenvalue weighted by Gasteiger charge is 2.07. The largest absolute Gasteiger partial charge is 0.252 e. The summed E-state index contributed by atoms with van der Waals surface area (Å²) in [5.41, 5.74) is 0.931. The van der Waals surface area contributed by atoms with E-state index in [0.717, 1.165) is 0 Å². The van der Waals surface area contributed by atoms with Crippen LogP contribution in [0.5, 0.6) is 0 Å². The van der Waals surface area contributed by atoms with Gasteiger partial charge in [0.15, 0.2) is 5.82 Å². The Morgan fingerprint density at radius 2 is 1.75 bits per heavy atom. The molecule has 0 unspecified atom stereocenters. The van der Waals surface area contributed by atoms with E-state index in [1.54, 1.807) is 12.1 Å². The molecule has 0 radical (unpaired) electrons. The molecule has 0 aliphatic rings. The lowest BCUT2D eigenvalue weighted by Crippen LogP contribution is -1.95. The normalized spacial score (nSPS) is 9.81. The Bertz CT molecular complexity index is 541. The molecule has 5 nitrogen and oxygen atoms in total. The van der Waals surface area contributed by atoms with Crippen LogP contribution in [-0.4, -0.2) is 19.9 Å². The number of rotatable bonds is 1. The summed E-state index contributed by atoms with van der Waals surface area (Å²) < 4.78 is 0. The van der Waals surface area contributed by atoms with Gasteiger partial charge in [0, 0.05) is 6.20 Å². The lowest BCUT2D eigenvalue weighted by Gasteiger charge is -1.99. The van der Waals surface area contributed by atoms with Crippen LogP contribution in [0.2, 0.25) is 10.6 Å². The molecule has 0 aromatic carbocycles. The van der Waals surface area contributed by atoms with E-state index in [-0.39, 0.29) is 16.4 Å². The molecule has 0 amide bonds. The second-order valence-electron chi connectivity index (χ2n) is 2.74. The van der Waals surface area contributed by atoms with Gasteiger partial charge >= 0.3 is 0 Å². The first-order chi connectivity index (χ1) is 7.69. The number of hydrogen-bond donors (Lipinski definition) is 0. The van der Waals surface area contributed by atoms with Crippen LogP contribution in [-0.2, 0) is 0 Å². The standard InChI is InChI=1S/C9H3Cl2N5/c10-8-14-7(15-9(11)16-8)6-2-1-5(3-12)4-13-6/h1-2,4H. The predicted octanol–water partition coefficient (Wildman–Crippen LogP) is 2.11. The molecule has 2 aromatic rings. The van der Waals surface area contributed by atoms with Gasteiger partial charge in [-0.1, -0.05) is 0 Å². The summed E-state index contributed by atoms with van der Waals surface area (Å²) in [7, 11) is 0. The Labute approximate surface area is 101 Å². The van der Waals surface area contributed by atoms with E-state index in [1.165, 1.54) is 6.20 Å². The van der Waals surface area contributed by atoms with Crippen LogP contribution < -0.4 is 0 Å². The third kappa shape index (κ3) is 2.24. The van der Waals surface area contributed by atoms with Gasteiger partial charge in [0.05, 0.1) is 5.56 Å². The molecule has 16 heavy (non-hydrogen) atoms. The summed E-state index contributed by atoms with van der Waals surface area (Å²) in [6.45, 7) is 0. The number of halogens is 2. The Morgan fingerprint density at radius 3 is 2.25 bits per heavy atom. The fourth-order valence-electron chi connectivity index (χ4n) is 1.03. The Morgan fingerprint density at radius 1 is 1.06 bits per heavy atom. The van der Waals surface area contributed by atoms with Crippen LogP contribution in [0.25, 0.3) is 11.5 Å². The molecule has 0 atom stereocenters. The summed E-state index contributed by atoms with van der Waals surface area (Å²) >= 11 is 11.3. The molecule has 0 aliphatic carbocycles. The SMILES string of the molecule is N#Cc1ccc(-c2nc(Cl)nc(Cl)n2)nc1. The number of aromatic nitrogens is 4. The van der Waals surface area contributed by atoms with Gasteiger partial charge in [-0.2, -0.15) is 20.2 Å². The van der Waals surface area contributed by atoms with E-state index in [1.807, 2.05) is 6.07 Å². The zero-order valence-corrected chi connectivity index (χ0v) is 9.24. The van der Waals surface area contributed by atoms with Crippen LogP contribution >= 0.6 is 23.2 Å². The second-order valence-corrected chi connectivity index (χ2v) is 3.42. The highest BCUT2D eigenvalue weighted by atomic mass is 35.5. The molecule has 78 valence electrons. The van der Waals surface area contributed by atoms with E-state index in [0.29, 0.717) is 11.3 Å². The quantitative estimate of drug-likeness (QED) is 0.776. The van der Waals surface area contributed by atoms with Crippen LogP contribution in [0.3, 0.4) is 0 Å². The molecule has 7 heteroatoms. The number of nitrogens with zero attached hydrogens (tertiary/aromatic N) is 5. The van der Waals surface area contributed by atoms with Crippen molar-refractivity contribution in [3.8, 4) is 17.6 Å². The maximum absolute atomic E-state index is 8.61. The highest BCUT2D eigenvalue weighted by Crippen LogP contribution is 2.15. The van der Waals surface area contributed by atoms with Crippen molar-refractivity contribution in [2.45, 2.75) is 0 Å². The van der Waals surface area contributed by atoms with Crippen molar-refractivity contribution >= 4 is 23.2 Å². The molecule has 2 rings (SSSR count). The van der Waals surface area contributed by atoms with Crippen LogP contribution in [0.15, 0.2) is 18.3 Å². The number of hydrogen-bond acceptors (Lipinski definition) is 5. The van der Waals surface area contributed by atoms with E-state index >= 15 is 0 Å². The van der Waals surface area contributed by atoms with Crippen molar-refractivity contribution in [3.05, 3.63) is 34.5 Å². The van der Waals surface area contributed by atoms with E-state index < -0.39 is 0 Å². The molecule has 2 aromatic heterocycles. The van der Waals surface area contributed by atoms with E-state index in [4.69, 9.17) is 28.5 Å². The van der Waals surface area contributed by atoms with Crippen LogP contribution in [0.4, 0.5) is 0 Å². The van der Waals surface area contributed by atoms with Crippen molar-refractivity contribution in [1.82, 2.24) is 19.9 Å². The molecule has 0 spiro atoms. The maximum Gasteiger partial charge on any atom is 0.227 e. The Kier molecular flexibility index (Phi) is 2.95. The molecule has 2 heterocycles. The minimum absolute atomic E-state index is 0.00107. The average Bonchev–Trinajstić information content (AvgIpc) is 2.28. The minimum Gasteiger partial charge on any atom is -0.252 e. The van der Waals surface area contributed by atoms with Gasteiger partial charge in [0.1, 0.15) is 11.8 Å². The lowest BCUT2D eigenvalue weighted by molar-refractivity contribution is 1.04. The van der Waals surface area contributed by atoms with Gasteiger partial charge in [0.25, 0.3) is 0 Å². The maximum atomic E-state index is 8.61. The third-order valence-electron chi connectivity index (χ3n) is 1.70. The predicted molar refractivity (Wildman–Crippen MR) is 57.8 cm³/mol. The fraction of sp³-hybridized carbons (Fsp3) is 0. The number of nitriles is 1. The van der Waals surface area contributed by atoms with Crippen LogP contribution in [0.1, 0.15) is 5.56 Å². The highest BCUT2D eigenvalue weighted by molar-refractivity contribution is 6.31. The summed E-state index contributed by atoms with van der Waals surface area (Å²) in [5.74, 6) is 0.273. The molecular weight excluding hydrogens is 249 g/mol. The average molecular weight is 252 g/mol. The molecule has 0 saturated carbocycles.